The molecule has 4 aliphatic rings. The molecule has 0 aromatic heterocycles. The van der Waals surface area contributed by atoms with Crippen molar-refractivity contribution in [3.8, 4) is 0 Å². The lowest BCUT2D eigenvalue weighted by atomic mass is 9.98. The van der Waals surface area contributed by atoms with Crippen LogP contribution in [-0.4, -0.2) is 111 Å². The van der Waals surface area contributed by atoms with Gasteiger partial charge in [0.1, 0.15) is 30.5 Å². The molecule has 4 heterocycles. The van der Waals surface area contributed by atoms with Gasteiger partial charge in [0.05, 0.1) is 12.7 Å². The van der Waals surface area contributed by atoms with Gasteiger partial charge in [0.2, 0.25) is 5.91 Å². The van der Waals surface area contributed by atoms with Crippen LogP contribution >= 0.6 is 0 Å². The summed E-state index contributed by atoms with van der Waals surface area (Å²) in [7, 11) is -2.38. The maximum absolute atomic E-state index is 13.3. The molecular formula is C22H37F3N2O8Si. The molecule has 0 saturated carbocycles. The first-order chi connectivity index (χ1) is 16.5. The molecule has 0 aromatic rings. The number of nitrogens with one attached hydrogen (secondary N) is 1. The molecule has 14 heteroatoms. The summed E-state index contributed by atoms with van der Waals surface area (Å²) in [5.41, 5.74) is 0. The van der Waals surface area contributed by atoms with E-state index in [2.05, 4.69) is 5.32 Å². The molecule has 208 valence electrons. The molecule has 0 radical (unpaired) electrons. The molecule has 5 unspecified atom stereocenters. The van der Waals surface area contributed by atoms with Crippen LogP contribution in [-0.2, 0) is 28.2 Å². The molecule has 4 fully saturated rings. The van der Waals surface area contributed by atoms with Gasteiger partial charge in [-0.05, 0) is 24.6 Å². The first-order valence-electron chi connectivity index (χ1n) is 12.1. The molecule has 10 nitrogen and oxygen atoms in total. The van der Waals surface area contributed by atoms with E-state index in [1.807, 2.05) is 33.9 Å². The Kier molecular flexibility index (Phi) is 8.80. The van der Waals surface area contributed by atoms with E-state index in [4.69, 9.17) is 18.6 Å². The number of aliphatic hydroxyl groups excluding tert-OH is 2. The third kappa shape index (κ3) is 6.39. The number of alkyl halides is 3. The van der Waals surface area contributed by atoms with Gasteiger partial charge in [0.15, 0.2) is 14.6 Å². The number of carbonyl (C=O) groups excluding carboxylic acids is 2. The number of nitrogens with zero attached hydrogens (tertiary/aromatic N) is 1. The van der Waals surface area contributed by atoms with Crippen LogP contribution in [0.1, 0.15) is 33.6 Å². The van der Waals surface area contributed by atoms with Gasteiger partial charge in [0, 0.05) is 26.1 Å². The first-order valence-corrected chi connectivity index (χ1v) is 15.0. The number of ether oxygens (including phenoxy) is 3. The van der Waals surface area contributed by atoms with Gasteiger partial charge in [-0.1, -0.05) is 20.8 Å². The van der Waals surface area contributed by atoms with Gasteiger partial charge in [-0.2, -0.15) is 13.2 Å². The van der Waals surface area contributed by atoms with Crippen molar-refractivity contribution in [2.75, 3.05) is 26.3 Å². The Morgan fingerprint density at radius 1 is 1.11 bits per heavy atom. The summed E-state index contributed by atoms with van der Waals surface area (Å²) in [6, 6.07) is -1.39. The van der Waals surface area contributed by atoms with Gasteiger partial charge in [0.25, 0.3) is 0 Å². The number of halogens is 3. The van der Waals surface area contributed by atoms with Crippen LogP contribution in [0.5, 0.6) is 0 Å². The second-order valence-corrected chi connectivity index (χ2v) is 15.8. The van der Waals surface area contributed by atoms with Gasteiger partial charge in [-0.15, -0.1) is 0 Å². The van der Waals surface area contributed by atoms with Gasteiger partial charge >= 0.3 is 12.1 Å². The van der Waals surface area contributed by atoms with E-state index < -0.39 is 69.2 Å². The van der Waals surface area contributed by atoms with Crippen LogP contribution in [0, 0.1) is 0 Å². The van der Waals surface area contributed by atoms with Crippen molar-refractivity contribution < 1.29 is 51.6 Å². The Labute approximate surface area is 209 Å². The van der Waals surface area contributed by atoms with Crippen molar-refractivity contribution in [1.29, 1.82) is 0 Å². The smallest absolute Gasteiger partial charge is 0.412 e. The summed E-state index contributed by atoms with van der Waals surface area (Å²) in [5, 5.41) is 22.9. The number of carbonyl (C=O) groups is 2. The average molecular weight is 543 g/mol. The molecule has 2 bridgehead atoms. The number of fused-ring (bicyclic) bond motifs is 6. The fourth-order valence-corrected chi connectivity index (χ4v) is 5.68. The summed E-state index contributed by atoms with van der Waals surface area (Å²) < 4.78 is 62.9. The predicted molar refractivity (Wildman–Crippen MR) is 122 cm³/mol. The topological polar surface area (TPSA) is 127 Å². The standard InChI is InChI=1S/C22H37F3N2O8Si/c1-21(2,3)36(4,5)35-12-9-13(27(11-12)20(31)22(23,24)25)18(30)26-10-14-17-15(28)16(29)19(34-14)33-8-6-7-32-17/h12-17,19,28-29H,6-11H2,1-5H3,(H,26,30)/t12-,13-,14?,15?,16?,17?,19?/m0/s1. The van der Waals surface area contributed by atoms with Crippen molar-refractivity contribution >= 4 is 20.1 Å². The van der Waals surface area contributed by atoms with Crippen LogP contribution in [0.4, 0.5) is 13.2 Å². The summed E-state index contributed by atoms with van der Waals surface area (Å²) in [6.07, 6.45) is -11.2. The van der Waals surface area contributed by atoms with Gasteiger partial charge in [-0.3, -0.25) is 9.59 Å². The highest BCUT2D eigenvalue weighted by Gasteiger charge is 2.52. The monoisotopic (exact) mass is 542 g/mol. The quantitative estimate of drug-likeness (QED) is 0.438. The zero-order valence-electron chi connectivity index (χ0n) is 21.2. The number of hydrogen-bond acceptors (Lipinski definition) is 8. The Hall–Kier alpha value is -1.29. The highest BCUT2D eigenvalue weighted by atomic mass is 28.4. The van der Waals surface area contributed by atoms with Crippen LogP contribution in [0.15, 0.2) is 0 Å². The lowest BCUT2D eigenvalue weighted by Gasteiger charge is -2.41. The van der Waals surface area contributed by atoms with Crippen molar-refractivity contribution in [2.45, 2.75) is 101 Å². The molecule has 4 rings (SSSR count). The molecule has 4 saturated heterocycles. The summed E-state index contributed by atoms with van der Waals surface area (Å²) in [5.74, 6) is -2.90. The largest absolute Gasteiger partial charge is 0.471 e. The Balaban J connectivity index is 1.72. The maximum atomic E-state index is 13.3. The minimum atomic E-state index is -5.14. The molecular weight excluding hydrogens is 505 g/mol. The van der Waals surface area contributed by atoms with Crippen molar-refractivity contribution in [3.05, 3.63) is 0 Å². The normalized spacial score (nSPS) is 34.2. The van der Waals surface area contributed by atoms with Crippen molar-refractivity contribution in [3.63, 3.8) is 0 Å². The van der Waals surface area contributed by atoms with Crippen molar-refractivity contribution in [1.82, 2.24) is 10.2 Å². The number of rotatable bonds is 5. The molecule has 0 aliphatic carbocycles. The minimum absolute atomic E-state index is 0.0846. The Morgan fingerprint density at radius 2 is 1.75 bits per heavy atom. The molecule has 7 atom stereocenters. The van der Waals surface area contributed by atoms with Gasteiger partial charge in [-0.25, -0.2) is 0 Å². The van der Waals surface area contributed by atoms with E-state index in [0.717, 1.165) is 0 Å². The van der Waals surface area contributed by atoms with E-state index in [0.29, 0.717) is 11.3 Å². The first kappa shape index (κ1) is 29.3. The van der Waals surface area contributed by atoms with Crippen LogP contribution in [0.2, 0.25) is 18.1 Å². The third-order valence-electron chi connectivity index (χ3n) is 7.34. The lowest BCUT2D eigenvalue weighted by molar-refractivity contribution is -0.292. The van der Waals surface area contributed by atoms with Gasteiger partial charge < -0.3 is 39.1 Å². The van der Waals surface area contributed by atoms with Crippen molar-refractivity contribution in [2.24, 2.45) is 0 Å². The Morgan fingerprint density at radius 3 is 2.36 bits per heavy atom. The third-order valence-corrected chi connectivity index (χ3v) is 11.9. The number of amides is 2. The number of aliphatic hydroxyl groups is 2. The van der Waals surface area contributed by atoms with E-state index in [9.17, 15) is 33.0 Å². The zero-order chi connectivity index (χ0) is 27.1. The summed E-state index contributed by atoms with van der Waals surface area (Å²) in [4.78, 5) is 25.7. The van der Waals surface area contributed by atoms with E-state index in [1.165, 1.54) is 0 Å². The van der Waals surface area contributed by atoms with E-state index >= 15 is 0 Å². The van der Waals surface area contributed by atoms with E-state index in [-0.39, 0.29) is 37.8 Å². The SMILES string of the molecule is CC(C)(C)[Si](C)(C)O[C@H]1C[C@@H](C(=O)NCC2OC3OCCCOC2C(O)C3O)N(C(=O)C(F)(F)F)C1. The molecule has 2 amide bonds. The fraction of sp³-hybridized carbons (Fsp3) is 0.909. The molecule has 4 aliphatic heterocycles. The molecule has 0 aromatic carbocycles. The highest BCUT2D eigenvalue weighted by molar-refractivity contribution is 6.74. The lowest BCUT2D eigenvalue weighted by Crippen LogP contribution is -2.61. The number of hydrogen-bond donors (Lipinski definition) is 3. The van der Waals surface area contributed by atoms with E-state index in [1.54, 1.807) is 0 Å². The number of likely N-dealkylation sites (tertiary alicyclic amines) is 1. The molecule has 36 heavy (non-hydrogen) atoms. The second-order valence-electron chi connectivity index (χ2n) is 11.0. The predicted octanol–water partition coefficient (Wildman–Crippen LogP) is 0.908. The Bertz CT molecular complexity index is 807. The zero-order valence-corrected chi connectivity index (χ0v) is 22.2. The fourth-order valence-electron chi connectivity index (χ4n) is 4.32. The average Bonchev–Trinajstić information content (AvgIpc) is 3.21. The minimum Gasteiger partial charge on any atom is -0.412 e. The summed E-state index contributed by atoms with van der Waals surface area (Å²) in [6.45, 7) is 9.71. The maximum Gasteiger partial charge on any atom is 0.471 e. The van der Waals surface area contributed by atoms with Crippen LogP contribution < -0.4 is 5.32 Å². The summed E-state index contributed by atoms with van der Waals surface area (Å²) >= 11 is 0. The highest BCUT2D eigenvalue weighted by Crippen LogP contribution is 2.39. The van der Waals surface area contributed by atoms with Crippen LogP contribution in [0.3, 0.4) is 0 Å². The molecule has 0 spiro atoms. The molecule has 3 N–H and O–H groups in total. The van der Waals surface area contributed by atoms with Crippen LogP contribution in [0.25, 0.3) is 0 Å². The second kappa shape index (κ2) is 10.8.